The summed E-state index contributed by atoms with van der Waals surface area (Å²) in [5, 5.41) is 0. The minimum absolute atomic E-state index is 0.927. The Hall–Kier alpha value is -0.486. The van der Waals surface area contributed by atoms with Crippen molar-refractivity contribution in [3.63, 3.8) is 0 Å². The number of hydrogen-bond donors (Lipinski definition) is 0. The minimum atomic E-state index is -1.57. The molecule has 0 unspecified atom stereocenters. The van der Waals surface area contributed by atoms with Crippen LogP contribution in [-0.4, -0.2) is 16.6 Å². The Morgan fingerprint density at radius 3 is 1.71 bits per heavy atom. The third-order valence-corrected chi connectivity index (χ3v) is 4.17. The van der Waals surface area contributed by atoms with Crippen LogP contribution in [0, 0.1) is 0 Å². The molecule has 0 fully saturated rings. The molecule has 0 radical (unpaired) electrons. The van der Waals surface area contributed by atoms with Gasteiger partial charge in [0.25, 0.3) is 0 Å². The van der Waals surface area contributed by atoms with Crippen molar-refractivity contribution < 1.29 is 8.85 Å². The van der Waals surface area contributed by atoms with Crippen molar-refractivity contribution in [2.45, 2.75) is 59.6 Å². The summed E-state index contributed by atoms with van der Waals surface area (Å²) in [6.07, 6.45) is 0.927. The fraction of sp³-hybridized carbons (Fsp3) is 0.692. The first-order valence-electron chi connectivity index (χ1n) is 6.27. The molecule has 0 heterocycles. The van der Waals surface area contributed by atoms with E-state index in [0.29, 0.717) is 0 Å². The van der Waals surface area contributed by atoms with E-state index in [9.17, 15) is 0 Å². The van der Waals surface area contributed by atoms with E-state index in [1.54, 1.807) is 0 Å². The van der Waals surface area contributed by atoms with E-state index < -0.39 is 16.6 Å². The lowest BCUT2D eigenvalue weighted by Crippen LogP contribution is -2.28. The highest BCUT2D eigenvalue weighted by Crippen LogP contribution is 2.36. The molecule has 98 valence electrons. The molecule has 0 atom stereocenters. The van der Waals surface area contributed by atoms with E-state index in [1.165, 1.54) is 11.1 Å². The first-order chi connectivity index (χ1) is 7.49. The Balaban J connectivity index is 2.99. The van der Waals surface area contributed by atoms with Crippen LogP contribution in [0.2, 0.25) is 39.3 Å². The number of allylic oxidation sites excluding steroid dienone is 2. The third kappa shape index (κ3) is 4.35. The average Bonchev–Trinajstić information content (AvgIpc) is 2.27. The Kier molecular flexibility index (Phi) is 3.99. The lowest BCUT2D eigenvalue weighted by molar-refractivity contribution is 0.349. The van der Waals surface area contributed by atoms with Gasteiger partial charge in [0.05, 0.1) is 0 Å². The summed E-state index contributed by atoms with van der Waals surface area (Å²) >= 11 is 0. The molecular weight excluding hydrogens is 244 g/mol. The van der Waals surface area contributed by atoms with Crippen LogP contribution in [0.3, 0.4) is 0 Å². The molecule has 0 spiro atoms. The summed E-state index contributed by atoms with van der Waals surface area (Å²) in [5.41, 5.74) is 2.66. The standard InChI is InChI=1S/C13H26O2Si2/c1-10-9-12(14-16(3,4)5)13(11(10)2)15-17(6,7)8/h9H2,1-8H3. The maximum Gasteiger partial charge on any atom is 0.242 e. The number of hydrogen-bond acceptors (Lipinski definition) is 2. The van der Waals surface area contributed by atoms with Gasteiger partial charge < -0.3 is 8.85 Å². The first kappa shape index (κ1) is 14.6. The van der Waals surface area contributed by atoms with Crippen LogP contribution in [0.15, 0.2) is 22.7 Å². The van der Waals surface area contributed by atoms with Gasteiger partial charge in [-0.1, -0.05) is 5.57 Å². The quantitative estimate of drug-likeness (QED) is 0.693. The number of rotatable bonds is 4. The monoisotopic (exact) mass is 270 g/mol. The second-order valence-electron chi connectivity index (χ2n) is 6.76. The predicted molar refractivity (Wildman–Crippen MR) is 78.9 cm³/mol. The second-order valence-corrected chi connectivity index (χ2v) is 15.6. The molecule has 0 bridgehead atoms. The first-order valence-corrected chi connectivity index (χ1v) is 13.1. The van der Waals surface area contributed by atoms with E-state index in [2.05, 4.69) is 53.1 Å². The Morgan fingerprint density at radius 1 is 0.824 bits per heavy atom. The zero-order valence-electron chi connectivity index (χ0n) is 12.5. The molecule has 0 amide bonds. The topological polar surface area (TPSA) is 18.5 Å². The maximum atomic E-state index is 6.20. The average molecular weight is 271 g/mol. The molecule has 0 aromatic heterocycles. The summed E-state index contributed by atoms with van der Waals surface area (Å²) in [4.78, 5) is 0. The van der Waals surface area contributed by atoms with Crippen LogP contribution in [0.1, 0.15) is 20.3 Å². The van der Waals surface area contributed by atoms with Gasteiger partial charge in [0.1, 0.15) is 11.5 Å². The summed E-state index contributed by atoms with van der Waals surface area (Å²) in [5.74, 6) is 2.10. The molecule has 0 saturated carbocycles. The summed E-state index contributed by atoms with van der Waals surface area (Å²) in [6, 6.07) is 0. The van der Waals surface area contributed by atoms with Crippen molar-refractivity contribution in [2.24, 2.45) is 0 Å². The highest BCUT2D eigenvalue weighted by atomic mass is 28.4. The summed E-state index contributed by atoms with van der Waals surface area (Å²) < 4.78 is 12.4. The van der Waals surface area contributed by atoms with Crippen LogP contribution in [0.5, 0.6) is 0 Å². The maximum absolute atomic E-state index is 6.20. The van der Waals surface area contributed by atoms with E-state index in [1.807, 2.05) is 0 Å². The van der Waals surface area contributed by atoms with E-state index in [-0.39, 0.29) is 0 Å². The molecule has 4 heteroatoms. The lowest BCUT2D eigenvalue weighted by Gasteiger charge is -2.26. The van der Waals surface area contributed by atoms with E-state index in [0.717, 1.165) is 17.9 Å². The van der Waals surface area contributed by atoms with Gasteiger partial charge in [0.15, 0.2) is 0 Å². The highest BCUT2D eigenvalue weighted by Gasteiger charge is 2.30. The second kappa shape index (κ2) is 4.65. The molecule has 2 nitrogen and oxygen atoms in total. The molecule has 1 aliphatic carbocycles. The normalized spacial score (nSPS) is 17.9. The minimum Gasteiger partial charge on any atom is -0.544 e. The van der Waals surface area contributed by atoms with Crippen molar-refractivity contribution in [3.05, 3.63) is 22.7 Å². The molecule has 0 aromatic rings. The van der Waals surface area contributed by atoms with Crippen LogP contribution >= 0.6 is 0 Å². The van der Waals surface area contributed by atoms with Crippen LogP contribution in [0.25, 0.3) is 0 Å². The zero-order chi connectivity index (χ0) is 13.4. The van der Waals surface area contributed by atoms with Gasteiger partial charge >= 0.3 is 0 Å². The van der Waals surface area contributed by atoms with Gasteiger partial charge in [0, 0.05) is 6.42 Å². The van der Waals surface area contributed by atoms with Crippen molar-refractivity contribution >= 4 is 16.6 Å². The van der Waals surface area contributed by atoms with Crippen LogP contribution in [0.4, 0.5) is 0 Å². The van der Waals surface area contributed by atoms with Gasteiger partial charge in [0.2, 0.25) is 16.6 Å². The van der Waals surface area contributed by atoms with Gasteiger partial charge in [-0.05, 0) is 58.7 Å². The van der Waals surface area contributed by atoms with Gasteiger partial charge in [-0.2, -0.15) is 0 Å². The summed E-state index contributed by atoms with van der Waals surface area (Å²) in [7, 11) is -3.12. The van der Waals surface area contributed by atoms with Gasteiger partial charge in [-0.25, -0.2) is 0 Å². The van der Waals surface area contributed by atoms with Gasteiger partial charge in [-0.15, -0.1) is 0 Å². The van der Waals surface area contributed by atoms with Crippen molar-refractivity contribution in [2.75, 3.05) is 0 Å². The SMILES string of the molecule is CC1=C(C)C(O[Si](C)(C)C)=C(O[Si](C)(C)C)C1. The van der Waals surface area contributed by atoms with Crippen molar-refractivity contribution in [1.29, 1.82) is 0 Å². The molecule has 1 rings (SSSR count). The Labute approximate surface area is 108 Å². The molecule has 0 saturated heterocycles. The van der Waals surface area contributed by atoms with E-state index in [4.69, 9.17) is 8.85 Å². The summed E-state index contributed by atoms with van der Waals surface area (Å²) in [6.45, 7) is 17.6. The smallest absolute Gasteiger partial charge is 0.242 e. The molecular formula is C13H26O2Si2. The highest BCUT2D eigenvalue weighted by molar-refractivity contribution is 6.70. The predicted octanol–water partition coefficient (Wildman–Crippen LogP) is 4.64. The molecule has 0 aliphatic heterocycles. The van der Waals surface area contributed by atoms with Crippen molar-refractivity contribution in [1.82, 2.24) is 0 Å². The molecule has 17 heavy (non-hydrogen) atoms. The molecule has 1 aliphatic rings. The van der Waals surface area contributed by atoms with Crippen LogP contribution < -0.4 is 0 Å². The lowest BCUT2D eigenvalue weighted by atomic mass is 10.2. The zero-order valence-corrected chi connectivity index (χ0v) is 14.5. The largest absolute Gasteiger partial charge is 0.544 e. The third-order valence-electron chi connectivity index (χ3n) is 2.50. The van der Waals surface area contributed by atoms with Crippen molar-refractivity contribution in [3.8, 4) is 0 Å². The van der Waals surface area contributed by atoms with Crippen LogP contribution in [-0.2, 0) is 8.85 Å². The Bertz CT molecular complexity index is 368. The molecule has 0 N–H and O–H groups in total. The fourth-order valence-corrected chi connectivity index (χ4v) is 3.53. The molecule has 0 aromatic carbocycles. The van der Waals surface area contributed by atoms with E-state index >= 15 is 0 Å². The fourth-order valence-electron chi connectivity index (χ4n) is 1.75. The Morgan fingerprint density at radius 2 is 1.29 bits per heavy atom. The van der Waals surface area contributed by atoms with Gasteiger partial charge in [-0.3, -0.25) is 0 Å².